The van der Waals surface area contributed by atoms with Gasteiger partial charge in [-0.2, -0.15) is 0 Å². The third-order valence-electron chi connectivity index (χ3n) is 3.85. The van der Waals surface area contributed by atoms with Crippen LogP contribution in [0, 0.1) is 11.8 Å². The second kappa shape index (κ2) is 7.12. The summed E-state index contributed by atoms with van der Waals surface area (Å²) in [5.74, 6) is 5.93. The van der Waals surface area contributed by atoms with Crippen LogP contribution >= 0.6 is 0 Å². The number of rotatable bonds is 3. The monoisotopic (exact) mass is 270 g/mol. The first-order valence-corrected chi connectivity index (χ1v) is 7.36. The van der Waals surface area contributed by atoms with Crippen molar-refractivity contribution in [2.45, 2.75) is 38.6 Å². The molecule has 1 fully saturated rings. The molecule has 0 saturated heterocycles. The summed E-state index contributed by atoms with van der Waals surface area (Å²) in [5, 5.41) is 0. The van der Waals surface area contributed by atoms with E-state index in [1.54, 1.807) is 0 Å². The Morgan fingerprint density at radius 3 is 2.70 bits per heavy atom. The van der Waals surface area contributed by atoms with E-state index in [4.69, 9.17) is 5.73 Å². The standard InChI is InChI=1S/C17H22N2O/c1-2-19(15-10-4-5-11-15)17(20)16-12-6-3-8-14(16)9-7-13-18/h3,6,8,12,15H,2,4-5,10-11,13,18H2,1H3. The van der Waals surface area contributed by atoms with Crippen LogP contribution in [-0.2, 0) is 0 Å². The van der Waals surface area contributed by atoms with E-state index in [-0.39, 0.29) is 5.91 Å². The molecule has 1 aromatic rings. The van der Waals surface area contributed by atoms with Gasteiger partial charge in [-0.05, 0) is 31.9 Å². The van der Waals surface area contributed by atoms with E-state index in [2.05, 4.69) is 11.8 Å². The van der Waals surface area contributed by atoms with Crippen molar-refractivity contribution in [2.24, 2.45) is 5.73 Å². The fourth-order valence-electron chi connectivity index (χ4n) is 2.86. The van der Waals surface area contributed by atoms with Gasteiger partial charge in [-0.3, -0.25) is 4.79 Å². The molecule has 0 atom stereocenters. The lowest BCUT2D eigenvalue weighted by atomic mass is 10.0. The molecule has 106 valence electrons. The van der Waals surface area contributed by atoms with Crippen LogP contribution in [0.15, 0.2) is 24.3 Å². The molecule has 0 aromatic heterocycles. The molecule has 2 rings (SSSR count). The molecule has 0 unspecified atom stereocenters. The largest absolute Gasteiger partial charge is 0.336 e. The van der Waals surface area contributed by atoms with E-state index in [1.165, 1.54) is 12.8 Å². The highest BCUT2D eigenvalue weighted by atomic mass is 16.2. The van der Waals surface area contributed by atoms with Crippen molar-refractivity contribution in [3.05, 3.63) is 35.4 Å². The van der Waals surface area contributed by atoms with Gasteiger partial charge in [0.25, 0.3) is 5.91 Å². The average Bonchev–Trinajstić information content (AvgIpc) is 3.00. The van der Waals surface area contributed by atoms with Crippen LogP contribution in [-0.4, -0.2) is 29.9 Å². The molecule has 1 aliphatic rings. The van der Waals surface area contributed by atoms with Crippen LogP contribution in [0.2, 0.25) is 0 Å². The summed E-state index contributed by atoms with van der Waals surface area (Å²) < 4.78 is 0. The number of nitrogens with zero attached hydrogens (tertiary/aromatic N) is 1. The van der Waals surface area contributed by atoms with E-state index in [0.717, 1.165) is 24.9 Å². The van der Waals surface area contributed by atoms with E-state index in [1.807, 2.05) is 36.1 Å². The second-order valence-electron chi connectivity index (χ2n) is 5.08. The van der Waals surface area contributed by atoms with Gasteiger partial charge in [0.1, 0.15) is 0 Å². The maximum absolute atomic E-state index is 12.8. The Bertz CT molecular complexity index is 521. The highest BCUT2D eigenvalue weighted by Crippen LogP contribution is 2.25. The van der Waals surface area contributed by atoms with Gasteiger partial charge in [0.05, 0.1) is 12.1 Å². The lowest BCUT2D eigenvalue weighted by molar-refractivity contribution is 0.0693. The highest BCUT2D eigenvalue weighted by molar-refractivity contribution is 5.97. The number of hydrogen-bond acceptors (Lipinski definition) is 2. The minimum absolute atomic E-state index is 0.0984. The molecule has 1 aliphatic carbocycles. The SMILES string of the molecule is CCN(C(=O)c1ccccc1C#CCN)C1CCCC1. The lowest BCUT2D eigenvalue weighted by Gasteiger charge is -2.28. The highest BCUT2D eigenvalue weighted by Gasteiger charge is 2.26. The molecule has 3 heteroatoms. The molecule has 1 aromatic carbocycles. The van der Waals surface area contributed by atoms with Gasteiger partial charge in [0, 0.05) is 18.2 Å². The van der Waals surface area contributed by atoms with Gasteiger partial charge < -0.3 is 10.6 Å². The third-order valence-corrected chi connectivity index (χ3v) is 3.85. The van der Waals surface area contributed by atoms with E-state index in [9.17, 15) is 4.79 Å². The first kappa shape index (κ1) is 14.6. The Morgan fingerprint density at radius 2 is 2.05 bits per heavy atom. The average molecular weight is 270 g/mol. The number of amides is 1. The number of carbonyl (C=O) groups excluding carboxylic acids is 1. The first-order chi connectivity index (χ1) is 9.77. The van der Waals surface area contributed by atoms with Gasteiger partial charge in [-0.15, -0.1) is 0 Å². The van der Waals surface area contributed by atoms with Crippen molar-refractivity contribution < 1.29 is 4.79 Å². The molecule has 0 heterocycles. The molecular formula is C17H22N2O. The van der Waals surface area contributed by atoms with Crippen LogP contribution < -0.4 is 5.73 Å². The number of nitrogens with two attached hydrogens (primary N) is 1. The quantitative estimate of drug-likeness (QED) is 0.857. The van der Waals surface area contributed by atoms with Gasteiger partial charge in [0.15, 0.2) is 0 Å². The number of benzene rings is 1. The molecule has 3 nitrogen and oxygen atoms in total. The van der Waals surface area contributed by atoms with Crippen LogP contribution in [0.4, 0.5) is 0 Å². The summed E-state index contributed by atoms with van der Waals surface area (Å²) in [6, 6.07) is 7.94. The minimum Gasteiger partial charge on any atom is -0.336 e. The topological polar surface area (TPSA) is 46.3 Å². The van der Waals surface area contributed by atoms with E-state index < -0.39 is 0 Å². The van der Waals surface area contributed by atoms with Crippen molar-refractivity contribution in [3.8, 4) is 11.8 Å². The van der Waals surface area contributed by atoms with Crippen molar-refractivity contribution in [3.63, 3.8) is 0 Å². The van der Waals surface area contributed by atoms with E-state index >= 15 is 0 Å². The van der Waals surface area contributed by atoms with Crippen molar-refractivity contribution >= 4 is 5.91 Å². The molecule has 1 amide bonds. The molecule has 0 spiro atoms. The Labute approximate surface area is 121 Å². The van der Waals surface area contributed by atoms with Crippen molar-refractivity contribution in [1.29, 1.82) is 0 Å². The van der Waals surface area contributed by atoms with Gasteiger partial charge >= 0.3 is 0 Å². The van der Waals surface area contributed by atoms with Crippen LogP contribution in [0.5, 0.6) is 0 Å². The summed E-state index contributed by atoms with van der Waals surface area (Å²) in [5.41, 5.74) is 6.89. The lowest BCUT2D eigenvalue weighted by Crippen LogP contribution is -2.38. The zero-order valence-electron chi connectivity index (χ0n) is 12.1. The van der Waals surface area contributed by atoms with Gasteiger partial charge in [-0.25, -0.2) is 0 Å². The summed E-state index contributed by atoms with van der Waals surface area (Å²) in [6.45, 7) is 3.11. The fourth-order valence-corrected chi connectivity index (χ4v) is 2.86. The zero-order chi connectivity index (χ0) is 14.4. The Morgan fingerprint density at radius 1 is 1.35 bits per heavy atom. The molecule has 1 saturated carbocycles. The summed E-state index contributed by atoms with van der Waals surface area (Å²) in [6.07, 6.45) is 4.69. The first-order valence-electron chi connectivity index (χ1n) is 7.36. The predicted octanol–water partition coefficient (Wildman–Crippen LogP) is 2.40. The molecule has 0 bridgehead atoms. The van der Waals surface area contributed by atoms with Gasteiger partial charge in [0.2, 0.25) is 0 Å². The van der Waals surface area contributed by atoms with Crippen LogP contribution in [0.25, 0.3) is 0 Å². The van der Waals surface area contributed by atoms with Gasteiger partial charge in [-0.1, -0.05) is 36.8 Å². The molecule has 0 radical (unpaired) electrons. The van der Waals surface area contributed by atoms with Crippen molar-refractivity contribution in [2.75, 3.05) is 13.1 Å². The Kier molecular flexibility index (Phi) is 5.20. The van der Waals surface area contributed by atoms with Crippen LogP contribution in [0.1, 0.15) is 48.5 Å². The Balaban J connectivity index is 2.27. The smallest absolute Gasteiger partial charge is 0.255 e. The molecule has 20 heavy (non-hydrogen) atoms. The number of hydrogen-bond donors (Lipinski definition) is 1. The third kappa shape index (κ3) is 3.20. The second-order valence-corrected chi connectivity index (χ2v) is 5.08. The maximum atomic E-state index is 12.8. The summed E-state index contributed by atoms with van der Waals surface area (Å²) in [4.78, 5) is 14.8. The maximum Gasteiger partial charge on any atom is 0.255 e. The minimum atomic E-state index is 0.0984. The fraction of sp³-hybridized carbons (Fsp3) is 0.471. The Hall–Kier alpha value is -1.79. The van der Waals surface area contributed by atoms with Crippen molar-refractivity contribution in [1.82, 2.24) is 4.90 Å². The van der Waals surface area contributed by atoms with Crippen LogP contribution in [0.3, 0.4) is 0 Å². The predicted molar refractivity (Wildman–Crippen MR) is 81.3 cm³/mol. The summed E-state index contributed by atoms with van der Waals surface area (Å²) >= 11 is 0. The summed E-state index contributed by atoms with van der Waals surface area (Å²) in [7, 11) is 0. The zero-order valence-corrected chi connectivity index (χ0v) is 12.1. The molecule has 0 aliphatic heterocycles. The van der Waals surface area contributed by atoms with E-state index in [0.29, 0.717) is 18.2 Å². The molecule has 2 N–H and O–H groups in total. The normalized spacial score (nSPS) is 14.7. The number of carbonyl (C=O) groups is 1. The molecular weight excluding hydrogens is 248 g/mol.